The van der Waals surface area contributed by atoms with Gasteiger partial charge in [0, 0.05) is 11.3 Å². The summed E-state index contributed by atoms with van der Waals surface area (Å²) in [6, 6.07) is 14.7. The molecule has 160 valence electrons. The maximum absolute atomic E-state index is 12.6. The Morgan fingerprint density at radius 2 is 1.84 bits per heavy atom. The number of amides is 2. The van der Waals surface area contributed by atoms with E-state index >= 15 is 0 Å². The first-order valence-electron chi connectivity index (χ1n) is 10.3. The number of carbonyl (C=O) groups excluding carboxylic acids is 2. The summed E-state index contributed by atoms with van der Waals surface area (Å²) in [7, 11) is 1.62. The van der Waals surface area contributed by atoms with Crippen LogP contribution < -0.4 is 15.4 Å². The molecule has 1 aromatic heterocycles. The van der Waals surface area contributed by atoms with Crippen molar-refractivity contribution in [3.05, 3.63) is 59.8 Å². The highest BCUT2D eigenvalue weighted by Crippen LogP contribution is 2.38. The van der Waals surface area contributed by atoms with Crippen LogP contribution in [0, 0.1) is 6.92 Å². The average Bonchev–Trinajstić information content (AvgIpc) is 3.22. The van der Waals surface area contributed by atoms with Gasteiger partial charge >= 0.3 is 0 Å². The molecule has 1 unspecified atom stereocenters. The van der Waals surface area contributed by atoms with Crippen molar-refractivity contribution in [1.29, 1.82) is 0 Å². The lowest BCUT2D eigenvalue weighted by molar-refractivity contribution is -0.123. The van der Waals surface area contributed by atoms with Crippen LogP contribution in [-0.4, -0.2) is 28.7 Å². The minimum atomic E-state index is -0.685. The second-order valence-corrected chi connectivity index (χ2v) is 8.02. The fourth-order valence-corrected chi connectivity index (χ4v) is 3.83. The van der Waals surface area contributed by atoms with Crippen molar-refractivity contribution in [2.45, 2.75) is 39.2 Å². The molecule has 4 rings (SSSR count). The van der Waals surface area contributed by atoms with Crippen LogP contribution in [0.25, 0.3) is 11.1 Å². The van der Waals surface area contributed by atoms with Gasteiger partial charge in [-0.15, -0.1) is 0 Å². The minimum absolute atomic E-state index is 0.00787. The molecule has 3 aromatic rings. The molecule has 0 fully saturated rings. The summed E-state index contributed by atoms with van der Waals surface area (Å²) < 4.78 is 6.84. The van der Waals surface area contributed by atoms with E-state index in [4.69, 9.17) is 4.74 Å². The number of fused-ring (bicyclic) bond motifs is 1. The molecule has 1 aliphatic heterocycles. The molecule has 0 spiro atoms. The average molecular weight is 418 g/mol. The molecule has 2 aromatic carbocycles. The van der Waals surface area contributed by atoms with Crippen LogP contribution in [0.3, 0.4) is 0 Å². The Bertz CT molecular complexity index is 1110. The van der Waals surface area contributed by atoms with Crippen LogP contribution in [0.4, 0.5) is 11.5 Å². The Kier molecular flexibility index (Phi) is 5.50. The number of rotatable bonds is 6. The van der Waals surface area contributed by atoms with Crippen LogP contribution in [0.15, 0.2) is 48.5 Å². The standard InChI is InChI=1S/C24H26N4O3/c1-14(2)16-5-9-18(10-6-16)25-21(29)13-20-24(30)26-23-22(15(3)27-28(20)23)17-7-11-19(31-4)12-8-17/h5-12,14,20H,13H2,1-4H3,(H,25,29)(H,26,30). The van der Waals surface area contributed by atoms with Crippen LogP contribution in [0.5, 0.6) is 5.75 Å². The Hall–Kier alpha value is -3.61. The smallest absolute Gasteiger partial charge is 0.251 e. The number of aryl methyl sites for hydroxylation is 1. The van der Waals surface area contributed by atoms with Crippen LogP contribution in [0.1, 0.15) is 43.5 Å². The van der Waals surface area contributed by atoms with E-state index in [2.05, 4.69) is 29.6 Å². The molecule has 7 heteroatoms. The predicted molar refractivity (Wildman–Crippen MR) is 120 cm³/mol. The minimum Gasteiger partial charge on any atom is -0.497 e. The van der Waals surface area contributed by atoms with Gasteiger partial charge in [0.05, 0.1) is 19.2 Å². The molecule has 2 N–H and O–H groups in total. The van der Waals surface area contributed by atoms with Crippen molar-refractivity contribution >= 4 is 23.3 Å². The third-order valence-electron chi connectivity index (χ3n) is 5.54. The van der Waals surface area contributed by atoms with E-state index in [-0.39, 0.29) is 18.2 Å². The molecular formula is C24H26N4O3. The maximum atomic E-state index is 12.6. The summed E-state index contributed by atoms with van der Waals surface area (Å²) in [5.41, 5.74) is 4.48. The number of anilines is 2. The number of nitrogens with one attached hydrogen (secondary N) is 2. The van der Waals surface area contributed by atoms with Crippen molar-refractivity contribution in [2.24, 2.45) is 0 Å². The van der Waals surface area contributed by atoms with Gasteiger partial charge < -0.3 is 15.4 Å². The SMILES string of the molecule is COc1ccc(-c2c(C)nn3c2NC(=O)C3CC(=O)Nc2ccc(C(C)C)cc2)cc1. The first-order valence-corrected chi connectivity index (χ1v) is 10.3. The van der Waals surface area contributed by atoms with Crippen molar-refractivity contribution in [2.75, 3.05) is 17.7 Å². The van der Waals surface area contributed by atoms with Crippen LogP contribution in [0.2, 0.25) is 0 Å². The number of nitrogens with zero attached hydrogens (tertiary/aromatic N) is 2. The quantitative estimate of drug-likeness (QED) is 0.617. The third kappa shape index (κ3) is 4.03. The zero-order valence-electron chi connectivity index (χ0n) is 18.1. The van der Waals surface area contributed by atoms with E-state index in [1.54, 1.807) is 11.8 Å². The van der Waals surface area contributed by atoms with E-state index in [0.717, 1.165) is 22.6 Å². The first-order chi connectivity index (χ1) is 14.9. The lowest BCUT2D eigenvalue weighted by Crippen LogP contribution is -2.23. The number of aromatic nitrogens is 2. The number of hydrogen-bond donors (Lipinski definition) is 2. The van der Waals surface area contributed by atoms with Gasteiger partial charge in [0.25, 0.3) is 5.91 Å². The van der Waals surface area contributed by atoms with E-state index < -0.39 is 6.04 Å². The number of benzene rings is 2. The number of carbonyl (C=O) groups is 2. The van der Waals surface area contributed by atoms with Crippen molar-refractivity contribution < 1.29 is 14.3 Å². The highest BCUT2D eigenvalue weighted by Gasteiger charge is 2.36. The molecular weight excluding hydrogens is 392 g/mol. The van der Waals surface area contributed by atoms with Crippen molar-refractivity contribution in [3.8, 4) is 16.9 Å². The summed E-state index contributed by atoms with van der Waals surface area (Å²) >= 11 is 0. The highest BCUT2D eigenvalue weighted by atomic mass is 16.5. The topological polar surface area (TPSA) is 85.2 Å². The third-order valence-corrected chi connectivity index (χ3v) is 5.54. The zero-order valence-corrected chi connectivity index (χ0v) is 18.1. The van der Waals surface area contributed by atoms with Gasteiger partial charge in [-0.05, 0) is 48.2 Å². The van der Waals surface area contributed by atoms with Crippen LogP contribution in [-0.2, 0) is 9.59 Å². The molecule has 0 saturated carbocycles. The predicted octanol–water partition coefficient (Wildman–Crippen LogP) is 4.51. The van der Waals surface area contributed by atoms with Crippen molar-refractivity contribution in [1.82, 2.24) is 9.78 Å². The Labute approximate surface area is 181 Å². The van der Waals surface area contributed by atoms with Gasteiger partial charge in [-0.1, -0.05) is 38.1 Å². The summed E-state index contributed by atoms with van der Waals surface area (Å²) in [5, 5.41) is 10.3. The summed E-state index contributed by atoms with van der Waals surface area (Å²) in [6.07, 6.45) is 0.00787. The Morgan fingerprint density at radius 3 is 2.45 bits per heavy atom. The summed E-state index contributed by atoms with van der Waals surface area (Å²) in [4.78, 5) is 25.3. The van der Waals surface area contributed by atoms with E-state index in [1.807, 2.05) is 55.5 Å². The number of ether oxygens (including phenoxy) is 1. The molecule has 0 bridgehead atoms. The van der Waals surface area contributed by atoms with Gasteiger partial charge in [0.2, 0.25) is 5.91 Å². The molecule has 2 amide bonds. The molecule has 1 aliphatic rings. The Morgan fingerprint density at radius 1 is 1.16 bits per heavy atom. The van der Waals surface area contributed by atoms with Gasteiger partial charge in [-0.2, -0.15) is 5.10 Å². The fraction of sp³-hybridized carbons (Fsp3) is 0.292. The summed E-state index contributed by atoms with van der Waals surface area (Å²) in [5.74, 6) is 1.33. The number of methoxy groups -OCH3 is 1. The second kappa shape index (κ2) is 8.26. The highest BCUT2D eigenvalue weighted by molar-refractivity contribution is 6.04. The van der Waals surface area contributed by atoms with Crippen LogP contribution >= 0.6 is 0 Å². The van der Waals surface area contributed by atoms with Gasteiger partial charge in [0.1, 0.15) is 17.6 Å². The van der Waals surface area contributed by atoms with E-state index in [1.165, 1.54) is 5.56 Å². The number of hydrogen-bond acceptors (Lipinski definition) is 4. The van der Waals surface area contributed by atoms with Crippen molar-refractivity contribution in [3.63, 3.8) is 0 Å². The molecule has 2 heterocycles. The maximum Gasteiger partial charge on any atom is 0.251 e. The molecule has 31 heavy (non-hydrogen) atoms. The molecule has 0 aliphatic carbocycles. The van der Waals surface area contributed by atoms with Gasteiger partial charge in [0.15, 0.2) is 0 Å². The van der Waals surface area contributed by atoms with E-state index in [9.17, 15) is 9.59 Å². The van der Waals surface area contributed by atoms with Gasteiger partial charge in [-0.25, -0.2) is 4.68 Å². The molecule has 7 nitrogen and oxygen atoms in total. The lowest BCUT2D eigenvalue weighted by atomic mass is 10.0. The monoisotopic (exact) mass is 418 g/mol. The Balaban J connectivity index is 1.52. The second-order valence-electron chi connectivity index (χ2n) is 8.02. The molecule has 0 saturated heterocycles. The fourth-order valence-electron chi connectivity index (χ4n) is 3.83. The largest absolute Gasteiger partial charge is 0.497 e. The lowest BCUT2D eigenvalue weighted by Gasteiger charge is -2.11. The zero-order chi connectivity index (χ0) is 22.1. The molecule has 0 radical (unpaired) electrons. The normalized spacial score (nSPS) is 15.0. The molecule has 1 atom stereocenters. The first kappa shape index (κ1) is 20.7. The van der Waals surface area contributed by atoms with Gasteiger partial charge in [-0.3, -0.25) is 9.59 Å². The van der Waals surface area contributed by atoms with E-state index in [0.29, 0.717) is 17.4 Å². The summed E-state index contributed by atoms with van der Waals surface area (Å²) in [6.45, 7) is 6.14.